The third-order valence-corrected chi connectivity index (χ3v) is 3.82. The first-order valence-electron chi connectivity index (χ1n) is 6.88. The summed E-state index contributed by atoms with van der Waals surface area (Å²) < 4.78 is 53.3. The fourth-order valence-corrected chi connectivity index (χ4v) is 2.41. The number of aromatic nitrogens is 1. The average Bonchev–Trinajstić information content (AvgIpc) is 3.01. The van der Waals surface area contributed by atoms with Gasteiger partial charge in [0.1, 0.15) is 11.3 Å². The Balaban J connectivity index is 2.26. The fourth-order valence-electron chi connectivity index (χ4n) is 2.41. The summed E-state index contributed by atoms with van der Waals surface area (Å²) in [5.74, 6) is 0.250. The van der Waals surface area contributed by atoms with E-state index in [1.807, 2.05) is 0 Å². The molecule has 0 spiro atoms. The van der Waals surface area contributed by atoms with E-state index in [0.29, 0.717) is 22.3 Å². The van der Waals surface area contributed by atoms with Crippen molar-refractivity contribution >= 4 is 11.0 Å². The highest BCUT2D eigenvalue weighted by atomic mass is 19.4. The van der Waals surface area contributed by atoms with Crippen LogP contribution >= 0.6 is 0 Å². The molecule has 0 amide bonds. The van der Waals surface area contributed by atoms with Gasteiger partial charge in [0.25, 0.3) is 0 Å². The molecule has 0 aliphatic carbocycles. The molecule has 126 valence electrons. The minimum atomic E-state index is -4.61. The summed E-state index contributed by atoms with van der Waals surface area (Å²) in [6, 6.07) is 3.71. The van der Waals surface area contributed by atoms with Gasteiger partial charge in [-0.3, -0.25) is 0 Å². The molecule has 0 saturated carbocycles. The highest BCUT2D eigenvalue weighted by Crippen LogP contribution is 2.36. The van der Waals surface area contributed by atoms with Gasteiger partial charge in [-0.05, 0) is 31.5 Å². The van der Waals surface area contributed by atoms with Crippen molar-refractivity contribution in [1.82, 2.24) is 5.16 Å². The number of fused-ring (bicyclic) bond motifs is 1. The molecular formula is C16H12F3NO4. The van der Waals surface area contributed by atoms with Crippen LogP contribution in [0.2, 0.25) is 0 Å². The van der Waals surface area contributed by atoms with E-state index in [1.54, 1.807) is 13.8 Å². The summed E-state index contributed by atoms with van der Waals surface area (Å²) in [6.45, 7) is 3.37. The van der Waals surface area contributed by atoms with Crippen molar-refractivity contribution in [3.63, 3.8) is 0 Å². The minimum absolute atomic E-state index is 0.108. The van der Waals surface area contributed by atoms with Gasteiger partial charge in [0.05, 0.1) is 12.5 Å². The van der Waals surface area contributed by atoms with E-state index in [9.17, 15) is 18.0 Å². The van der Waals surface area contributed by atoms with Gasteiger partial charge in [0.2, 0.25) is 0 Å². The lowest BCUT2D eigenvalue weighted by molar-refractivity contribution is -0.142. The number of nitrogens with zero attached hydrogens (tertiary/aromatic N) is 1. The quantitative estimate of drug-likeness (QED) is 0.658. The molecule has 0 unspecified atom stereocenters. The number of rotatable bonds is 2. The normalized spacial score (nSPS) is 11.9. The smallest absolute Gasteiger partial charge is 0.436 e. The Kier molecular flexibility index (Phi) is 3.62. The SMILES string of the molecule is COc1cc(-c2cc(C(F)(F)F)no2)cc2oc(=O)c(C)c(C)c12. The van der Waals surface area contributed by atoms with Gasteiger partial charge in [0.15, 0.2) is 11.5 Å². The van der Waals surface area contributed by atoms with Crippen LogP contribution in [0.5, 0.6) is 5.75 Å². The molecule has 1 aromatic carbocycles. The number of hydrogen-bond donors (Lipinski definition) is 0. The molecule has 0 bridgehead atoms. The maximum Gasteiger partial charge on any atom is 0.436 e. The molecule has 0 aliphatic rings. The summed E-state index contributed by atoms with van der Waals surface area (Å²) in [7, 11) is 1.42. The number of hydrogen-bond acceptors (Lipinski definition) is 5. The van der Waals surface area contributed by atoms with Gasteiger partial charge in [-0.2, -0.15) is 13.2 Å². The molecule has 0 aliphatic heterocycles. The molecule has 0 N–H and O–H groups in total. The van der Waals surface area contributed by atoms with E-state index in [4.69, 9.17) is 13.7 Å². The zero-order valence-electron chi connectivity index (χ0n) is 12.9. The van der Waals surface area contributed by atoms with E-state index in [2.05, 4.69) is 5.16 Å². The Hall–Kier alpha value is -2.77. The summed E-state index contributed by atoms with van der Waals surface area (Å²) >= 11 is 0. The van der Waals surface area contributed by atoms with Gasteiger partial charge in [0, 0.05) is 17.2 Å². The van der Waals surface area contributed by atoms with Gasteiger partial charge < -0.3 is 13.7 Å². The predicted octanol–water partition coefficient (Wildman–Crippen LogP) is 4.09. The molecule has 3 rings (SSSR count). The summed E-state index contributed by atoms with van der Waals surface area (Å²) in [5.41, 5.74) is -0.0900. The van der Waals surface area contributed by atoms with Crippen LogP contribution in [0.4, 0.5) is 13.2 Å². The van der Waals surface area contributed by atoms with Crippen molar-refractivity contribution in [2.24, 2.45) is 0 Å². The van der Waals surface area contributed by atoms with Crippen molar-refractivity contribution in [2.45, 2.75) is 20.0 Å². The van der Waals surface area contributed by atoms with Crippen LogP contribution in [-0.2, 0) is 6.18 Å². The zero-order chi connectivity index (χ0) is 17.6. The molecule has 24 heavy (non-hydrogen) atoms. The van der Waals surface area contributed by atoms with E-state index in [-0.39, 0.29) is 16.9 Å². The van der Waals surface area contributed by atoms with Crippen LogP contribution in [0, 0.1) is 13.8 Å². The maximum atomic E-state index is 12.7. The van der Waals surface area contributed by atoms with Crippen molar-refractivity contribution in [3.8, 4) is 17.1 Å². The number of alkyl halides is 3. The highest BCUT2D eigenvalue weighted by Gasteiger charge is 2.35. The lowest BCUT2D eigenvalue weighted by Gasteiger charge is -2.10. The number of benzene rings is 1. The van der Waals surface area contributed by atoms with Crippen LogP contribution in [0.3, 0.4) is 0 Å². The number of halogens is 3. The highest BCUT2D eigenvalue weighted by molar-refractivity contribution is 5.91. The number of ether oxygens (including phenoxy) is 1. The van der Waals surface area contributed by atoms with Crippen LogP contribution in [0.1, 0.15) is 16.8 Å². The average molecular weight is 339 g/mol. The molecule has 3 aromatic rings. The largest absolute Gasteiger partial charge is 0.496 e. The van der Waals surface area contributed by atoms with E-state index in [1.165, 1.54) is 19.2 Å². The topological polar surface area (TPSA) is 65.5 Å². The van der Waals surface area contributed by atoms with Crippen LogP contribution in [0.25, 0.3) is 22.3 Å². The van der Waals surface area contributed by atoms with Crippen LogP contribution in [-0.4, -0.2) is 12.3 Å². The Bertz CT molecular complexity index is 985. The maximum absolute atomic E-state index is 12.7. The standard InChI is InChI=1S/C16H12F3NO4/c1-7-8(2)15(21)23-12-5-9(4-11(22-3)14(7)12)10-6-13(20-24-10)16(17,18)19/h4-6H,1-3H3. The third-order valence-electron chi connectivity index (χ3n) is 3.82. The third kappa shape index (κ3) is 2.53. The Morgan fingerprint density at radius 2 is 1.83 bits per heavy atom. The molecule has 0 fully saturated rings. The first-order valence-corrected chi connectivity index (χ1v) is 6.88. The van der Waals surface area contributed by atoms with Crippen molar-refractivity contribution in [2.75, 3.05) is 7.11 Å². The summed E-state index contributed by atoms with van der Waals surface area (Å²) in [4.78, 5) is 11.8. The molecule has 5 nitrogen and oxygen atoms in total. The second-order valence-electron chi connectivity index (χ2n) is 5.27. The number of aryl methyl sites for hydroxylation is 1. The van der Waals surface area contributed by atoms with Crippen LogP contribution in [0.15, 0.2) is 31.9 Å². The molecule has 0 radical (unpaired) electrons. The van der Waals surface area contributed by atoms with Crippen molar-refractivity contribution in [3.05, 3.63) is 45.4 Å². The molecule has 2 heterocycles. The second-order valence-corrected chi connectivity index (χ2v) is 5.27. The van der Waals surface area contributed by atoms with Gasteiger partial charge >= 0.3 is 11.8 Å². The monoisotopic (exact) mass is 339 g/mol. The van der Waals surface area contributed by atoms with Gasteiger partial charge in [-0.25, -0.2) is 4.79 Å². The lowest BCUT2D eigenvalue weighted by Crippen LogP contribution is -2.06. The zero-order valence-corrected chi connectivity index (χ0v) is 12.9. The summed E-state index contributed by atoms with van der Waals surface area (Å²) in [5, 5.41) is 3.59. The molecule has 0 atom stereocenters. The predicted molar refractivity (Wildman–Crippen MR) is 79.0 cm³/mol. The van der Waals surface area contributed by atoms with Crippen molar-refractivity contribution < 1.29 is 26.8 Å². The Labute approximate surface area is 133 Å². The van der Waals surface area contributed by atoms with Gasteiger partial charge in [-0.15, -0.1) is 0 Å². The first kappa shape index (κ1) is 16.1. The molecule has 0 saturated heterocycles. The minimum Gasteiger partial charge on any atom is -0.496 e. The second kappa shape index (κ2) is 5.40. The van der Waals surface area contributed by atoms with Crippen molar-refractivity contribution in [1.29, 1.82) is 0 Å². The van der Waals surface area contributed by atoms with Gasteiger partial charge in [-0.1, -0.05) is 5.16 Å². The van der Waals surface area contributed by atoms with E-state index >= 15 is 0 Å². The summed E-state index contributed by atoms with van der Waals surface area (Å²) in [6.07, 6.45) is -4.61. The molecule has 8 heteroatoms. The Morgan fingerprint density at radius 1 is 1.12 bits per heavy atom. The Morgan fingerprint density at radius 3 is 2.42 bits per heavy atom. The fraction of sp³-hybridized carbons (Fsp3) is 0.250. The van der Waals surface area contributed by atoms with Crippen LogP contribution < -0.4 is 10.4 Å². The molecule has 2 aromatic heterocycles. The number of methoxy groups -OCH3 is 1. The molecular weight excluding hydrogens is 327 g/mol. The van der Waals surface area contributed by atoms with E-state index < -0.39 is 17.5 Å². The first-order chi connectivity index (χ1) is 11.2. The lowest BCUT2D eigenvalue weighted by atomic mass is 10.0. The van der Waals surface area contributed by atoms with E-state index in [0.717, 1.165) is 6.07 Å².